The fourth-order valence-electron chi connectivity index (χ4n) is 2.92. The molecule has 2 aromatic carbocycles. The largest absolute Gasteiger partial charge is 0.494 e. The van der Waals surface area contributed by atoms with Crippen molar-refractivity contribution in [2.45, 2.75) is 25.8 Å². The second kappa shape index (κ2) is 9.43. The van der Waals surface area contributed by atoms with Crippen LogP contribution in [0, 0.1) is 13.8 Å². The van der Waals surface area contributed by atoms with Gasteiger partial charge in [0.05, 0.1) is 12.4 Å². The van der Waals surface area contributed by atoms with E-state index in [2.05, 4.69) is 16.4 Å². The lowest BCUT2D eigenvalue weighted by atomic mass is 10.1. The summed E-state index contributed by atoms with van der Waals surface area (Å²) in [6.45, 7) is 6.48. The van der Waals surface area contributed by atoms with E-state index in [1.54, 1.807) is 41.2 Å². The van der Waals surface area contributed by atoms with Gasteiger partial charge in [-0.1, -0.05) is 17.8 Å². The maximum Gasteiger partial charge on any atom is 0.287 e. The predicted octanol–water partition coefficient (Wildman–Crippen LogP) is 3.98. The van der Waals surface area contributed by atoms with Gasteiger partial charge in [0, 0.05) is 23.8 Å². The first-order valence-electron chi connectivity index (χ1n) is 9.28. The molecule has 0 saturated carbocycles. The van der Waals surface area contributed by atoms with Gasteiger partial charge in [0.15, 0.2) is 5.03 Å². The molecule has 1 N–H and O–H groups in total. The molecule has 1 amide bonds. The van der Waals surface area contributed by atoms with Crippen LogP contribution in [0.1, 0.15) is 18.1 Å². The third kappa shape index (κ3) is 5.48. The summed E-state index contributed by atoms with van der Waals surface area (Å²) in [6, 6.07) is 13.1. The van der Waals surface area contributed by atoms with Crippen LogP contribution in [0.3, 0.4) is 0 Å². The zero-order chi connectivity index (χ0) is 20.8. The lowest BCUT2D eigenvalue weighted by Gasteiger charge is -2.10. The highest BCUT2D eigenvalue weighted by atomic mass is 32.2. The van der Waals surface area contributed by atoms with E-state index < -0.39 is 0 Å². The number of hydrogen-bond acceptors (Lipinski definition) is 5. The molecular weight excluding hydrogens is 386 g/mol. The summed E-state index contributed by atoms with van der Waals surface area (Å²) in [4.78, 5) is 29.2. The second-order valence-corrected chi connectivity index (χ2v) is 7.51. The molecule has 0 fully saturated rings. The number of nitrogens with one attached hydrogen (secondary N) is 1. The summed E-state index contributed by atoms with van der Waals surface area (Å²) >= 11 is 1.12. The Hall–Kier alpha value is -3.06. The highest BCUT2D eigenvalue weighted by Crippen LogP contribution is 2.17. The van der Waals surface area contributed by atoms with Crippen molar-refractivity contribution in [3.8, 4) is 11.4 Å². The Kier molecular flexibility index (Phi) is 6.72. The smallest absolute Gasteiger partial charge is 0.287 e. The third-order valence-electron chi connectivity index (χ3n) is 4.08. The number of aryl methyl sites for hydroxylation is 2. The van der Waals surface area contributed by atoms with Gasteiger partial charge in [-0.3, -0.25) is 14.2 Å². The Morgan fingerprint density at radius 1 is 1.14 bits per heavy atom. The topological polar surface area (TPSA) is 73.2 Å². The maximum atomic E-state index is 12.8. The average Bonchev–Trinajstić information content (AvgIpc) is 2.68. The van der Waals surface area contributed by atoms with Crippen LogP contribution in [-0.2, 0) is 4.79 Å². The number of amides is 1. The van der Waals surface area contributed by atoms with Crippen LogP contribution >= 0.6 is 11.8 Å². The number of hydrogen-bond donors (Lipinski definition) is 1. The third-order valence-corrected chi connectivity index (χ3v) is 5.04. The normalized spacial score (nSPS) is 10.6. The molecule has 1 heterocycles. The van der Waals surface area contributed by atoms with E-state index in [9.17, 15) is 9.59 Å². The standard InChI is InChI=1S/C22H23N3O3S/c1-4-28-19-7-5-17(6-8-19)24-20(26)14-29-21-22(27)25(10-9-23-21)18-12-15(2)11-16(3)13-18/h5-13H,4,14H2,1-3H3,(H,24,26). The van der Waals surface area contributed by atoms with Gasteiger partial charge in [-0.2, -0.15) is 0 Å². The van der Waals surface area contributed by atoms with Crippen LogP contribution < -0.4 is 15.6 Å². The summed E-state index contributed by atoms with van der Waals surface area (Å²) < 4.78 is 6.94. The first-order chi connectivity index (χ1) is 14.0. The van der Waals surface area contributed by atoms with Crippen molar-refractivity contribution >= 4 is 23.4 Å². The summed E-state index contributed by atoms with van der Waals surface area (Å²) in [5.74, 6) is 0.634. The quantitative estimate of drug-likeness (QED) is 0.598. The number of carbonyl (C=O) groups is 1. The van der Waals surface area contributed by atoms with E-state index in [1.165, 1.54) is 0 Å². The molecule has 7 heteroatoms. The van der Waals surface area contributed by atoms with Gasteiger partial charge < -0.3 is 10.1 Å². The Labute approximate surface area is 173 Å². The number of carbonyl (C=O) groups excluding carboxylic acids is 1. The number of aromatic nitrogens is 2. The van der Waals surface area contributed by atoms with Gasteiger partial charge in [0.2, 0.25) is 5.91 Å². The zero-order valence-electron chi connectivity index (χ0n) is 16.6. The SMILES string of the molecule is CCOc1ccc(NC(=O)CSc2nccn(-c3cc(C)cc(C)c3)c2=O)cc1. The first-order valence-corrected chi connectivity index (χ1v) is 10.3. The second-order valence-electron chi connectivity index (χ2n) is 6.55. The summed E-state index contributed by atoms with van der Waals surface area (Å²) in [6.07, 6.45) is 3.21. The van der Waals surface area contributed by atoms with Crippen molar-refractivity contribution in [1.29, 1.82) is 0 Å². The van der Waals surface area contributed by atoms with Crippen LogP contribution in [0.15, 0.2) is 64.7 Å². The van der Waals surface area contributed by atoms with Crippen LogP contribution in [0.5, 0.6) is 5.75 Å². The molecule has 3 aromatic rings. The molecule has 0 aliphatic rings. The van der Waals surface area contributed by atoms with Crippen molar-refractivity contribution in [2.75, 3.05) is 17.7 Å². The number of thioether (sulfide) groups is 1. The molecule has 3 rings (SSSR count). The monoisotopic (exact) mass is 409 g/mol. The van der Waals surface area contributed by atoms with E-state index in [-0.39, 0.29) is 22.2 Å². The molecular formula is C22H23N3O3S. The molecule has 150 valence electrons. The minimum Gasteiger partial charge on any atom is -0.494 e. The minimum atomic E-state index is -0.239. The molecule has 29 heavy (non-hydrogen) atoms. The van der Waals surface area contributed by atoms with Crippen LogP contribution in [0.4, 0.5) is 5.69 Å². The van der Waals surface area contributed by atoms with Gasteiger partial charge in [0.25, 0.3) is 5.56 Å². The fraction of sp³-hybridized carbons (Fsp3) is 0.227. The molecule has 0 radical (unpaired) electrons. The van der Waals surface area contributed by atoms with Crippen molar-refractivity contribution in [1.82, 2.24) is 9.55 Å². The number of nitrogens with zero attached hydrogens (tertiary/aromatic N) is 2. The van der Waals surface area contributed by atoms with E-state index in [1.807, 2.05) is 32.9 Å². The van der Waals surface area contributed by atoms with Crippen LogP contribution in [0.2, 0.25) is 0 Å². The molecule has 0 atom stereocenters. The minimum absolute atomic E-state index is 0.0896. The van der Waals surface area contributed by atoms with Gasteiger partial charge in [-0.25, -0.2) is 4.98 Å². The van der Waals surface area contributed by atoms with Crippen LogP contribution in [-0.4, -0.2) is 27.8 Å². The Balaban J connectivity index is 1.67. The molecule has 0 aliphatic heterocycles. The van der Waals surface area contributed by atoms with Crippen molar-refractivity contribution < 1.29 is 9.53 Å². The molecule has 0 spiro atoms. The maximum absolute atomic E-state index is 12.8. The summed E-state index contributed by atoms with van der Waals surface area (Å²) in [7, 11) is 0. The van der Waals surface area contributed by atoms with E-state index >= 15 is 0 Å². The lowest BCUT2D eigenvalue weighted by molar-refractivity contribution is -0.113. The highest BCUT2D eigenvalue weighted by Gasteiger charge is 2.11. The van der Waals surface area contributed by atoms with Gasteiger partial charge in [-0.15, -0.1) is 0 Å². The molecule has 0 unspecified atom stereocenters. The predicted molar refractivity (Wildman–Crippen MR) is 116 cm³/mol. The molecule has 6 nitrogen and oxygen atoms in total. The Morgan fingerprint density at radius 2 is 1.83 bits per heavy atom. The van der Waals surface area contributed by atoms with Crippen molar-refractivity contribution in [2.24, 2.45) is 0 Å². The first kappa shape index (κ1) is 20.7. The molecule has 1 aromatic heterocycles. The molecule has 0 bridgehead atoms. The van der Waals surface area contributed by atoms with Crippen molar-refractivity contribution in [3.63, 3.8) is 0 Å². The summed E-state index contributed by atoms with van der Waals surface area (Å²) in [5.41, 5.74) is 3.37. The number of ether oxygens (including phenoxy) is 1. The van der Waals surface area contributed by atoms with Crippen LogP contribution in [0.25, 0.3) is 5.69 Å². The average molecular weight is 410 g/mol. The Bertz CT molecular complexity index is 1040. The zero-order valence-corrected chi connectivity index (χ0v) is 17.5. The molecule has 0 aliphatic carbocycles. The lowest BCUT2D eigenvalue weighted by Crippen LogP contribution is -2.22. The van der Waals surface area contributed by atoms with E-state index in [0.717, 1.165) is 34.3 Å². The number of rotatable bonds is 7. The number of anilines is 1. The summed E-state index contributed by atoms with van der Waals surface area (Å²) in [5, 5.41) is 3.10. The fourth-order valence-corrected chi connectivity index (χ4v) is 3.62. The highest BCUT2D eigenvalue weighted by molar-refractivity contribution is 7.99. The van der Waals surface area contributed by atoms with E-state index in [4.69, 9.17) is 4.74 Å². The van der Waals surface area contributed by atoms with Gasteiger partial charge in [-0.05, 0) is 68.3 Å². The van der Waals surface area contributed by atoms with E-state index in [0.29, 0.717) is 12.3 Å². The van der Waals surface area contributed by atoms with Gasteiger partial charge in [0.1, 0.15) is 5.75 Å². The molecule has 0 saturated heterocycles. The Morgan fingerprint density at radius 3 is 2.48 bits per heavy atom. The number of benzene rings is 2. The van der Waals surface area contributed by atoms with Gasteiger partial charge >= 0.3 is 0 Å². The van der Waals surface area contributed by atoms with Crippen molar-refractivity contribution in [3.05, 3.63) is 76.3 Å².